The molecule has 5 heteroatoms. The van der Waals surface area contributed by atoms with Gasteiger partial charge in [0, 0.05) is 19.6 Å². The van der Waals surface area contributed by atoms with E-state index in [9.17, 15) is 4.79 Å². The normalized spacial score (nSPS) is 12.3. The van der Waals surface area contributed by atoms with E-state index < -0.39 is 0 Å². The van der Waals surface area contributed by atoms with Crippen LogP contribution in [0, 0.1) is 5.92 Å². The smallest absolute Gasteiger partial charge is 0.220 e. The molecule has 120 valence electrons. The second-order valence-electron chi connectivity index (χ2n) is 5.23. The Bertz CT molecular complexity index is 366. The standard InChI is InChI=1S/C16H28N2O3/c1-2-14(8-9-17)6-7-16(19)18-10-4-11-20-13-15-5-3-12-21-15/h3,5,12,14H,2,4,6-11,13,17H2,1H3,(H,18,19). The quantitative estimate of drug-likeness (QED) is 0.581. The molecule has 0 fully saturated rings. The van der Waals surface area contributed by atoms with Gasteiger partial charge in [-0.25, -0.2) is 0 Å². The largest absolute Gasteiger partial charge is 0.467 e. The highest BCUT2D eigenvalue weighted by molar-refractivity contribution is 5.75. The monoisotopic (exact) mass is 296 g/mol. The number of hydrogen-bond acceptors (Lipinski definition) is 4. The summed E-state index contributed by atoms with van der Waals surface area (Å²) in [7, 11) is 0. The minimum Gasteiger partial charge on any atom is -0.467 e. The van der Waals surface area contributed by atoms with E-state index in [1.165, 1.54) is 0 Å². The van der Waals surface area contributed by atoms with Gasteiger partial charge < -0.3 is 20.2 Å². The summed E-state index contributed by atoms with van der Waals surface area (Å²) in [6, 6.07) is 3.72. The van der Waals surface area contributed by atoms with Gasteiger partial charge in [-0.2, -0.15) is 0 Å². The van der Waals surface area contributed by atoms with Crippen LogP contribution in [-0.2, 0) is 16.1 Å². The molecule has 1 aromatic heterocycles. The zero-order valence-corrected chi connectivity index (χ0v) is 13.0. The number of rotatable bonds is 12. The highest BCUT2D eigenvalue weighted by atomic mass is 16.5. The Morgan fingerprint density at radius 1 is 1.48 bits per heavy atom. The number of carbonyl (C=O) groups excluding carboxylic acids is 1. The Balaban J connectivity index is 1.95. The van der Waals surface area contributed by atoms with Gasteiger partial charge in [0.25, 0.3) is 0 Å². The van der Waals surface area contributed by atoms with Crippen molar-refractivity contribution in [1.82, 2.24) is 5.32 Å². The topological polar surface area (TPSA) is 77.5 Å². The van der Waals surface area contributed by atoms with Crippen LogP contribution in [0.2, 0.25) is 0 Å². The molecule has 1 aromatic rings. The number of amides is 1. The Morgan fingerprint density at radius 3 is 3.00 bits per heavy atom. The molecular formula is C16H28N2O3. The van der Waals surface area contributed by atoms with E-state index in [0.717, 1.165) is 31.4 Å². The van der Waals surface area contributed by atoms with Crippen molar-refractivity contribution in [3.63, 3.8) is 0 Å². The highest BCUT2D eigenvalue weighted by Crippen LogP contribution is 2.14. The molecule has 0 aliphatic rings. The van der Waals surface area contributed by atoms with Crippen molar-refractivity contribution < 1.29 is 13.9 Å². The molecule has 0 saturated carbocycles. The van der Waals surface area contributed by atoms with Crippen LogP contribution in [0.4, 0.5) is 0 Å². The molecule has 0 aromatic carbocycles. The molecule has 0 saturated heterocycles. The fraction of sp³-hybridized carbons (Fsp3) is 0.688. The summed E-state index contributed by atoms with van der Waals surface area (Å²) < 4.78 is 10.6. The lowest BCUT2D eigenvalue weighted by molar-refractivity contribution is -0.121. The van der Waals surface area contributed by atoms with Gasteiger partial charge in [-0.15, -0.1) is 0 Å². The van der Waals surface area contributed by atoms with Gasteiger partial charge in [0.1, 0.15) is 12.4 Å². The Morgan fingerprint density at radius 2 is 2.33 bits per heavy atom. The Hall–Kier alpha value is -1.33. The fourth-order valence-electron chi connectivity index (χ4n) is 2.18. The lowest BCUT2D eigenvalue weighted by Gasteiger charge is -2.13. The number of hydrogen-bond donors (Lipinski definition) is 2. The van der Waals surface area contributed by atoms with Gasteiger partial charge in [0.05, 0.1) is 6.26 Å². The van der Waals surface area contributed by atoms with E-state index in [2.05, 4.69) is 12.2 Å². The number of nitrogens with one attached hydrogen (secondary N) is 1. The van der Waals surface area contributed by atoms with Crippen molar-refractivity contribution in [2.75, 3.05) is 19.7 Å². The van der Waals surface area contributed by atoms with Crippen LogP contribution in [0.1, 0.15) is 44.8 Å². The molecule has 1 unspecified atom stereocenters. The van der Waals surface area contributed by atoms with Gasteiger partial charge in [-0.1, -0.05) is 13.3 Å². The SMILES string of the molecule is CCC(CCN)CCC(=O)NCCCOCc1ccco1. The molecule has 5 nitrogen and oxygen atoms in total. The average molecular weight is 296 g/mol. The molecule has 1 atom stereocenters. The first-order chi connectivity index (χ1) is 10.3. The average Bonchev–Trinajstić information content (AvgIpc) is 3.00. The van der Waals surface area contributed by atoms with Crippen LogP contribution in [0.15, 0.2) is 22.8 Å². The van der Waals surface area contributed by atoms with Crippen LogP contribution < -0.4 is 11.1 Å². The van der Waals surface area contributed by atoms with Gasteiger partial charge >= 0.3 is 0 Å². The predicted molar refractivity (Wildman–Crippen MR) is 82.7 cm³/mol. The van der Waals surface area contributed by atoms with Gasteiger partial charge in [-0.3, -0.25) is 4.79 Å². The molecule has 0 bridgehead atoms. The van der Waals surface area contributed by atoms with E-state index in [4.69, 9.17) is 14.9 Å². The van der Waals surface area contributed by atoms with Crippen LogP contribution in [0.5, 0.6) is 0 Å². The molecule has 0 aliphatic carbocycles. The van der Waals surface area contributed by atoms with Crippen LogP contribution >= 0.6 is 0 Å². The second-order valence-corrected chi connectivity index (χ2v) is 5.23. The first kappa shape index (κ1) is 17.7. The predicted octanol–water partition coefficient (Wildman–Crippen LogP) is 2.46. The first-order valence-corrected chi connectivity index (χ1v) is 7.83. The van der Waals surface area contributed by atoms with Crippen molar-refractivity contribution in [1.29, 1.82) is 0 Å². The van der Waals surface area contributed by atoms with Crippen molar-refractivity contribution in [2.24, 2.45) is 11.7 Å². The summed E-state index contributed by atoms with van der Waals surface area (Å²) in [6.07, 6.45) is 6.05. The molecule has 1 rings (SSSR count). The van der Waals surface area contributed by atoms with Gasteiger partial charge in [0.15, 0.2) is 0 Å². The van der Waals surface area contributed by atoms with Crippen LogP contribution in [-0.4, -0.2) is 25.6 Å². The second kappa shape index (κ2) is 11.3. The van der Waals surface area contributed by atoms with Gasteiger partial charge in [-0.05, 0) is 43.9 Å². The van der Waals surface area contributed by atoms with Gasteiger partial charge in [0.2, 0.25) is 5.91 Å². The van der Waals surface area contributed by atoms with E-state index in [-0.39, 0.29) is 5.91 Å². The summed E-state index contributed by atoms with van der Waals surface area (Å²) >= 11 is 0. The maximum absolute atomic E-state index is 11.7. The van der Waals surface area contributed by atoms with Crippen LogP contribution in [0.3, 0.4) is 0 Å². The molecule has 1 heterocycles. The molecule has 21 heavy (non-hydrogen) atoms. The summed E-state index contributed by atoms with van der Waals surface area (Å²) in [5, 5.41) is 2.92. The van der Waals surface area contributed by atoms with Crippen molar-refractivity contribution >= 4 is 5.91 Å². The Kier molecular flexibility index (Phi) is 9.57. The zero-order chi connectivity index (χ0) is 15.3. The maximum atomic E-state index is 11.7. The lowest BCUT2D eigenvalue weighted by Crippen LogP contribution is -2.25. The minimum absolute atomic E-state index is 0.122. The molecule has 1 amide bonds. The summed E-state index contributed by atoms with van der Waals surface area (Å²) in [5.41, 5.74) is 5.55. The van der Waals surface area contributed by atoms with E-state index in [1.807, 2.05) is 12.1 Å². The van der Waals surface area contributed by atoms with Crippen molar-refractivity contribution in [2.45, 2.75) is 45.6 Å². The van der Waals surface area contributed by atoms with Crippen molar-refractivity contribution in [3.05, 3.63) is 24.2 Å². The minimum atomic E-state index is 0.122. The fourth-order valence-corrected chi connectivity index (χ4v) is 2.18. The number of carbonyl (C=O) groups is 1. The molecule has 0 aliphatic heterocycles. The third-order valence-electron chi connectivity index (χ3n) is 3.54. The third kappa shape index (κ3) is 8.52. The van der Waals surface area contributed by atoms with Crippen molar-refractivity contribution in [3.8, 4) is 0 Å². The molecule has 3 N–H and O–H groups in total. The third-order valence-corrected chi connectivity index (χ3v) is 3.54. The first-order valence-electron chi connectivity index (χ1n) is 7.83. The number of nitrogens with two attached hydrogens (primary N) is 1. The number of furan rings is 1. The van der Waals surface area contributed by atoms with E-state index in [0.29, 0.717) is 38.6 Å². The Labute approximate surface area is 127 Å². The zero-order valence-electron chi connectivity index (χ0n) is 13.0. The van der Waals surface area contributed by atoms with Crippen LogP contribution in [0.25, 0.3) is 0 Å². The molecule has 0 spiro atoms. The maximum Gasteiger partial charge on any atom is 0.220 e. The van der Waals surface area contributed by atoms with E-state index in [1.54, 1.807) is 6.26 Å². The molecular weight excluding hydrogens is 268 g/mol. The summed E-state index contributed by atoms with van der Waals surface area (Å²) in [4.78, 5) is 11.7. The summed E-state index contributed by atoms with van der Waals surface area (Å²) in [5.74, 6) is 1.51. The van der Waals surface area contributed by atoms with E-state index >= 15 is 0 Å². The summed E-state index contributed by atoms with van der Waals surface area (Å²) in [6.45, 7) is 4.61. The molecule has 0 radical (unpaired) electrons. The highest BCUT2D eigenvalue weighted by Gasteiger charge is 2.08. The number of ether oxygens (including phenoxy) is 1. The lowest BCUT2D eigenvalue weighted by atomic mass is 9.96.